The van der Waals surface area contributed by atoms with Crippen LogP contribution in [-0.4, -0.2) is 40.5 Å². The number of benzene rings is 2. The molecule has 0 aromatic heterocycles. The summed E-state index contributed by atoms with van der Waals surface area (Å²) in [5.74, 6) is 0.00746. The van der Waals surface area contributed by atoms with Crippen LogP contribution in [0.1, 0.15) is 97.4 Å². The van der Waals surface area contributed by atoms with Gasteiger partial charge in [0, 0.05) is 12.6 Å². The number of carbonyl (C=O) groups excluding carboxylic acids is 3. The molecule has 0 aliphatic heterocycles. The van der Waals surface area contributed by atoms with E-state index in [4.69, 9.17) is 4.74 Å². The van der Waals surface area contributed by atoms with Gasteiger partial charge in [-0.25, -0.2) is 4.79 Å². The lowest BCUT2D eigenvalue weighted by Crippen LogP contribution is -2.55. The van der Waals surface area contributed by atoms with Crippen molar-refractivity contribution in [3.05, 3.63) is 71.3 Å². The molecule has 2 aromatic rings. The fourth-order valence-electron chi connectivity index (χ4n) is 4.80. The average molecular weight is 566 g/mol. The number of rotatable bonds is 13. The molecule has 0 bridgehead atoms. The van der Waals surface area contributed by atoms with Crippen molar-refractivity contribution in [3.63, 3.8) is 0 Å². The molecule has 0 heterocycles. The second-order valence-corrected chi connectivity index (χ2v) is 12.9. The molecule has 0 spiro atoms. The molecule has 0 aliphatic carbocycles. The Morgan fingerprint density at radius 2 is 1.54 bits per heavy atom. The highest BCUT2D eigenvalue weighted by Crippen LogP contribution is 2.29. The van der Waals surface area contributed by atoms with Crippen LogP contribution in [-0.2, 0) is 20.9 Å². The number of hydrogen-bond donors (Lipinski definition) is 2. The van der Waals surface area contributed by atoms with Crippen molar-refractivity contribution in [2.45, 2.75) is 112 Å². The van der Waals surface area contributed by atoms with E-state index in [0.717, 1.165) is 29.5 Å². The average Bonchev–Trinajstić information content (AvgIpc) is 2.87. The molecule has 0 saturated carbocycles. The van der Waals surface area contributed by atoms with Crippen LogP contribution < -0.4 is 10.6 Å². The lowest BCUT2D eigenvalue weighted by molar-refractivity contribution is -0.145. The lowest BCUT2D eigenvalue weighted by Gasteiger charge is -2.39. The third kappa shape index (κ3) is 11.6. The highest BCUT2D eigenvalue weighted by molar-refractivity contribution is 5.92. The van der Waals surface area contributed by atoms with E-state index >= 15 is 0 Å². The number of nitrogens with zero attached hydrogens (tertiary/aromatic N) is 1. The van der Waals surface area contributed by atoms with E-state index in [1.807, 2.05) is 82.3 Å². The van der Waals surface area contributed by atoms with Crippen LogP contribution >= 0.6 is 0 Å². The Balaban J connectivity index is 2.56. The molecular formula is C34H51N3O4. The zero-order valence-electron chi connectivity index (χ0n) is 26.5. The van der Waals surface area contributed by atoms with Crippen LogP contribution in [0, 0.1) is 18.8 Å². The summed E-state index contributed by atoms with van der Waals surface area (Å²) in [5, 5.41) is 5.91. The number of alkyl carbamates (subject to hydrolysis) is 1. The summed E-state index contributed by atoms with van der Waals surface area (Å²) in [6.45, 7) is 18.0. The Hall–Kier alpha value is -3.35. The molecule has 7 heteroatoms. The molecule has 2 N–H and O–H groups in total. The molecule has 3 unspecified atom stereocenters. The predicted molar refractivity (Wildman–Crippen MR) is 165 cm³/mol. The molecule has 0 radical (unpaired) electrons. The van der Waals surface area contributed by atoms with Gasteiger partial charge in [-0.3, -0.25) is 9.59 Å². The summed E-state index contributed by atoms with van der Waals surface area (Å²) in [5.41, 5.74) is 2.00. The Morgan fingerprint density at radius 3 is 2.10 bits per heavy atom. The second kappa shape index (κ2) is 15.6. The Bertz CT molecular complexity index is 1120. The monoisotopic (exact) mass is 565 g/mol. The number of hydrogen-bond acceptors (Lipinski definition) is 4. The van der Waals surface area contributed by atoms with Crippen molar-refractivity contribution in [3.8, 4) is 0 Å². The smallest absolute Gasteiger partial charge is 0.408 e. The largest absolute Gasteiger partial charge is 0.444 e. The quantitative estimate of drug-likeness (QED) is 0.275. The van der Waals surface area contributed by atoms with Crippen molar-refractivity contribution in [1.29, 1.82) is 0 Å². The van der Waals surface area contributed by atoms with Crippen LogP contribution in [0.5, 0.6) is 0 Å². The Kier molecular flexibility index (Phi) is 12.9. The van der Waals surface area contributed by atoms with Crippen LogP contribution in [0.25, 0.3) is 0 Å². The molecule has 0 aliphatic rings. The van der Waals surface area contributed by atoms with Gasteiger partial charge in [-0.1, -0.05) is 87.9 Å². The van der Waals surface area contributed by atoms with Gasteiger partial charge in [0.25, 0.3) is 0 Å². The number of ether oxygens (including phenoxy) is 1. The maximum Gasteiger partial charge on any atom is 0.408 e. The second-order valence-electron chi connectivity index (χ2n) is 12.9. The van der Waals surface area contributed by atoms with E-state index in [1.54, 1.807) is 25.7 Å². The summed E-state index contributed by atoms with van der Waals surface area (Å²) in [7, 11) is 0. The zero-order chi connectivity index (χ0) is 30.7. The SMILES string of the molecule is Cc1cccc(C(C(=O)NCc2ccccc2)N(C(=O)C(CC(C)C)NC(=O)OC(C)(C)C)C(C)CCC(C)C)c1. The van der Waals surface area contributed by atoms with Crippen LogP contribution in [0.3, 0.4) is 0 Å². The standard InChI is InChI=1S/C34H51N3O4/c1-23(2)18-19-26(6)37(32(39)29(20-24(3)4)36-33(40)41-34(7,8)9)30(28-17-13-14-25(5)21-28)31(38)35-22-27-15-11-10-12-16-27/h10-17,21,23-24,26,29-30H,18-20,22H2,1-9H3,(H,35,38)(H,36,40). The molecule has 0 fully saturated rings. The third-order valence-corrected chi connectivity index (χ3v) is 6.78. The van der Waals surface area contributed by atoms with Gasteiger partial charge in [0.1, 0.15) is 17.7 Å². The molecular weight excluding hydrogens is 514 g/mol. The first-order valence-corrected chi connectivity index (χ1v) is 14.9. The number of carbonyl (C=O) groups is 3. The minimum Gasteiger partial charge on any atom is -0.444 e. The zero-order valence-corrected chi connectivity index (χ0v) is 26.5. The van der Waals surface area contributed by atoms with Gasteiger partial charge in [0.15, 0.2) is 0 Å². The van der Waals surface area contributed by atoms with Crippen molar-refractivity contribution in [2.75, 3.05) is 0 Å². The molecule has 226 valence electrons. The molecule has 2 rings (SSSR count). The first-order chi connectivity index (χ1) is 19.2. The fraction of sp³-hybridized carbons (Fsp3) is 0.559. The van der Waals surface area contributed by atoms with Crippen LogP contribution in [0.15, 0.2) is 54.6 Å². The van der Waals surface area contributed by atoms with Gasteiger partial charge >= 0.3 is 6.09 Å². The van der Waals surface area contributed by atoms with E-state index in [9.17, 15) is 14.4 Å². The van der Waals surface area contributed by atoms with E-state index < -0.39 is 23.8 Å². The highest BCUT2D eigenvalue weighted by atomic mass is 16.6. The molecule has 3 amide bonds. The lowest BCUT2D eigenvalue weighted by atomic mass is 9.94. The molecule has 41 heavy (non-hydrogen) atoms. The molecule has 2 aromatic carbocycles. The topological polar surface area (TPSA) is 87.7 Å². The van der Waals surface area contributed by atoms with Gasteiger partial charge in [0.2, 0.25) is 11.8 Å². The van der Waals surface area contributed by atoms with Crippen molar-refractivity contribution in [2.24, 2.45) is 11.8 Å². The van der Waals surface area contributed by atoms with Crippen molar-refractivity contribution >= 4 is 17.9 Å². The third-order valence-electron chi connectivity index (χ3n) is 6.78. The summed E-state index contributed by atoms with van der Waals surface area (Å²) in [4.78, 5) is 43.1. The molecule has 7 nitrogen and oxygen atoms in total. The Morgan fingerprint density at radius 1 is 0.878 bits per heavy atom. The summed E-state index contributed by atoms with van der Waals surface area (Å²) in [6, 6.07) is 15.5. The predicted octanol–water partition coefficient (Wildman–Crippen LogP) is 6.95. The minimum absolute atomic E-state index is 0.121. The summed E-state index contributed by atoms with van der Waals surface area (Å²) >= 11 is 0. The van der Waals surface area contributed by atoms with Gasteiger partial charge in [-0.05, 0) is 76.8 Å². The highest BCUT2D eigenvalue weighted by Gasteiger charge is 2.39. The van der Waals surface area contributed by atoms with Crippen LogP contribution in [0.2, 0.25) is 0 Å². The van der Waals surface area contributed by atoms with E-state index in [0.29, 0.717) is 18.9 Å². The van der Waals surface area contributed by atoms with E-state index in [-0.39, 0.29) is 23.8 Å². The van der Waals surface area contributed by atoms with E-state index in [1.165, 1.54) is 0 Å². The number of amides is 3. The van der Waals surface area contributed by atoms with Gasteiger partial charge in [0.05, 0.1) is 0 Å². The normalized spacial score (nSPS) is 13.8. The summed E-state index contributed by atoms with van der Waals surface area (Å²) in [6.07, 6.45) is 1.38. The Labute approximate surface area is 247 Å². The first kappa shape index (κ1) is 33.9. The maximum absolute atomic E-state index is 14.5. The van der Waals surface area contributed by atoms with E-state index in [2.05, 4.69) is 24.5 Å². The van der Waals surface area contributed by atoms with Crippen molar-refractivity contribution in [1.82, 2.24) is 15.5 Å². The first-order valence-electron chi connectivity index (χ1n) is 14.9. The summed E-state index contributed by atoms with van der Waals surface area (Å²) < 4.78 is 5.51. The van der Waals surface area contributed by atoms with Crippen molar-refractivity contribution < 1.29 is 19.1 Å². The number of aryl methyl sites for hydroxylation is 1. The minimum atomic E-state index is -0.872. The molecule has 0 saturated heterocycles. The van der Waals surface area contributed by atoms with Crippen LogP contribution in [0.4, 0.5) is 4.79 Å². The number of nitrogens with one attached hydrogen (secondary N) is 2. The van der Waals surface area contributed by atoms with Gasteiger partial charge in [-0.15, -0.1) is 0 Å². The van der Waals surface area contributed by atoms with Gasteiger partial charge in [-0.2, -0.15) is 0 Å². The maximum atomic E-state index is 14.5. The molecule has 3 atom stereocenters. The fourth-order valence-corrected chi connectivity index (χ4v) is 4.80. The van der Waals surface area contributed by atoms with Gasteiger partial charge < -0.3 is 20.3 Å².